The number of nitrogens with zero attached hydrogens (tertiary/aromatic N) is 1. The van der Waals surface area contributed by atoms with Crippen LogP contribution < -0.4 is 0 Å². The molecule has 0 radical (unpaired) electrons. The highest BCUT2D eigenvalue weighted by molar-refractivity contribution is 5.37. The first-order valence-corrected chi connectivity index (χ1v) is 6.58. The molecule has 0 atom stereocenters. The van der Waals surface area contributed by atoms with Crippen molar-refractivity contribution in [2.24, 2.45) is 0 Å². The van der Waals surface area contributed by atoms with Crippen molar-refractivity contribution in [3.05, 3.63) is 35.4 Å². The quantitative estimate of drug-likeness (QED) is 0.792. The number of benzene rings is 1. The van der Waals surface area contributed by atoms with Crippen LogP contribution in [0.2, 0.25) is 0 Å². The predicted octanol–water partition coefficient (Wildman–Crippen LogP) is 1.62. The number of aliphatic hydroxyl groups excluding tert-OH is 1. The Kier molecular flexibility index (Phi) is 6.04. The summed E-state index contributed by atoms with van der Waals surface area (Å²) in [7, 11) is 0. The van der Waals surface area contributed by atoms with Crippen LogP contribution in [0.25, 0.3) is 0 Å². The van der Waals surface area contributed by atoms with Crippen molar-refractivity contribution in [1.82, 2.24) is 4.90 Å². The highest BCUT2D eigenvalue weighted by atomic mass is 16.3. The molecule has 2 N–H and O–H groups in total. The molecule has 0 bridgehead atoms. The van der Waals surface area contributed by atoms with Crippen LogP contribution in [0.15, 0.2) is 24.3 Å². The molecule has 0 amide bonds. The Morgan fingerprint density at radius 1 is 1.32 bits per heavy atom. The molecule has 0 heterocycles. The van der Waals surface area contributed by atoms with Crippen LogP contribution in [-0.4, -0.2) is 40.4 Å². The van der Waals surface area contributed by atoms with Gasteiger partial charge in [0, 0.05) is 18.7 Å². The fourth-order valence-electron chi connectivity index (χ4n) is 1.97. The van der Waals surface area contributed by atoms with Gasteiger partial charge in [0.25, 0.3) is 0 Å². The molecule has 0 aliphatic heterocycles. The van der Waals surface area contributed by atoms with Crippen molar-refractivity contribution in [2.45, 2.75) is 32.9 Å². The summed E-state index contributed by atoms with van der Waals surface area (Å²) in [5.41, 5.74) is 1.38. The maximum atomic E-state index is 9.88. The van der Waals surface area contributed by atoms with Crippen LogP contribution in [0.5, 0.6) is 0 Å². The SMILES string of the molecule is CCN(Cc1cccc(C#CCO)c1)CC(C)(C)O. The molecular formula is C16H23NO2. The van der Waals surface area contributed by atoms with E-state index in [2.05, 4.69) is 29.7 Å². The van der Waals surface area contributed by atoms with E-state index in [-0.39, 0.29) is 6.61 Å². The lowest BCUT2D eigenvalue weighted by atomic mass is 10.1. The minimum atomic E-state index is -0.690. The molecule has 3 nitrogen and oxygen atoms in total. The molecule has 0 aliphatic rings. The second kappa shape index (κ2) is 7.30. The van der Waals surface area contributed by atoms with Crippen LogP contribution in [0.4, 0.5) is 0 Å². The largest absolute Gasteiger partial charge is 0.389 e. The molecule has 0 saturated heterocycles. The zero-order valence-electron chi connectivity index (χ0n) is 12.0. The van der Waals surface area contributed by atoms with Gasteiger partial charge in [0.15, 0.2) is 0 Å². The molecule has 0 spiro atoms. The second-order valence-electron chi connectivity index (χ2n) is 5.28. The van der Waals surface area contributed by atoms with Gasteiger partial charge in [0.2, 0.25) is 0 Å². The number of hydrogen-bond donors (Lipinski definition) is 2. The molecule has 1 rings (SSSR count). The maximum Gasteiger partial charge on any atom is 0.104 e. The molecule has 0 unspecified atom stereocenters. The minimum absolute atomic E-state index is 0.121. The number of rotatable bonds is 5. The molecular weight excluding hydrogens is 238 g/mol. The molecule has 19 heavy (non-hydrogen) atoms. The van der Waals surface area contributed by atoms with Gasteiger partial charge in [-0.25, -0.2) is 0 Å². The first-order valence-electron chi connectivity index (χ1n) is 6.58. The van der Waals surface area contributed by atoms with Crippen LogP contribution in [0.3, 0.4) is 0 Å². The van der Waals surface area contributed by atoms with Gasteiger partial charge in [0.1, 0.15) is 6.61 Å². The third-order valence-corrected chi connectivity index (χ3v) is 2.70. The normalized spacial score (nSPS) is 11.3. The lowest BCUT2D eigenvalue weighted by Gasteiger charge is -2.28. The monoisotopic (exact) mass is 261 g/mol. The third kappa shape index (κ3) is 6.40. The van der Waals surface area contributed by atoms with Crippen LogP contribution in [0.1, 0.15) is 31.9 Å². The van der Waals surface area contributed by atoms with E-state index in [4.69, 9.17) is 5.11 Å². The van der Waals surface area contributed by atoms with E-state index in [0.717, 1.165) is 24.2 Å². The Balaban J connectivity index is 2.74. The number of hydrogen-bond acceptors (Lipinski definition) is 3. The molecule has 0 aromatic heterocycles. The predicted molar refractivity (Wildman–Crippen MR) is 77.7 cm³/mol. The third-order valence-electron chi connectivity index (χ3n) is 2.70. The number of aliphatic hydroxyl groups is 2. The van der Waals surface area contributed by atoms with E-state index in [1.807, 2.05) is 32.0 Å². The lowest BCUT2D eigenvalue weighted by Crippen LogP contribution is -2.38. The summed E-state index contributed by atoms with van der Waals surface area (Å²) in [6, 6.07) is 7.97. The summed E-state index contributed by atoms with van der Waals surface area (Å²) in [5.74, 6) is 5.56. The Hall–Kier alpha value is -1.34. The summed E-state index contributed by atoms with van der Waals surface area (Å²) < 4.78 is 0. The van der Waals surface area contributed by atoms with E-state index < -0.39 is 5.60 Å². The fourth-order valence-corrected chi connectivity index (χ4v) is 1.97. The van der Waals surface area contributed by atoms with Gasteiger partial charge in [0.05, 0.1) is 5.60 Å². The van der Waals surface area contributed by atoms with E-state index in [1.54, 1.807) is 0 Å². The van der Waals surface area contributed by atoms with Gasteiger partial charge in [-0.15, -0.1) is 0 Å². The van der Waals surface area contributed by atoms with E-state index in [0.29, 0.717) is 6.54 Å². The van der Waals surface area contributed by atoms with E-state index >= 15 is 0 Å². The molecule has 1 aromatic carbocycles. The highest BCUT2D eigenvalue weighted by Crippen LogP contribution is 2.11. The van der Waals surface area contributed by atoms with Crippen LogP contribution in [0, 0.1) is 11.8 Å². The smallest absolute Gasteiger partial charge is 0.104 e. The van der Waals surface area contributed by atoms with Gasteiger partial charge in [-0.2, -0.15) is 0 Å². The zero-order chi connectivity index (χ0) is 14.3. The second-order valence-corrected chi connectivity index (χ2v) is 5.28. The summed E-state index contributed by atoms with van der Waals surface area (Å²) >= 11 is 0. The highest BCUT2D eigenvalue weighted by Gasteiger charge is 2.17. The fraction of sp³-hybridized carbons (Fsp3) is 0.500. The standard InChI is InChI=1S/C16H23NO2/c1-4-17(13-16(2,3)19)12-15-8-5-7-14(11-15)9-6-10-18/h5,7-8,11,18-19H,4,10,12-13H2,1-3H3. The first kappa shape index (κ1) is 15.7. The average molecular weight is 261 g/mol. The summed E-state index contributed by atoms with van der Waals surface area (Å²) in [4.78, 5) is 2.19. The van der Waals surface area contributed by atoms with Crippen molar-refractivity contribution >= 4 is 0 Å². The van der Waals surface area contributed by atoms with Crippen molar-refractivity contribution in [3.63, 3.8) is 0 Å². The van der Waals surface area contributed by atoms with Gasteiger partial charge in [-0.05, 0) is 38.1 Å². The molecule has 0 saturated carbocycles. The Bertz CT molecular complexity index is 452. The molecule has 104 valence electrons. The van der Waals surface area contributed by atoms with Gasteiger partial charge >= 0.3 is 0 Å². The minimum Gasteiger partial charge on any atom is -0.389 e. The van der Waals surface area contributed by atoms with Crippen molar-refractivity contribution in [3.8, 4) is 11.8 Å². The summed E-state index contributed by atoms with van der Waals surface area (Å²) in [6.07, 6.45) is 0. The lowest BCUT2D eigenvalue weighted by molar-refractivity contribution is 0.0353. The van der Waals surface area contributed by atoms with Crippen molar-refractivity contribution < 1.29 is 10.2 Å². The summed E-state index contributed by atoms with van der Waals surface area (Å²) in [6.45, 7) is 7.91. The van der Waals surface area contributed by atoms with Crippen LogP contribution in [-0.2, 0) is 6.54 Å². The van der Waals surface area contributed by atoms with Gasteiger partial charge in [-0.1, -0.05) is 30.9 Å². The van der Waals surface area contributed by atoms with Crippen LogP contribution >= 0.6 is 0 Å². The molecule has 3 heteroatoms. The van der Waals surface area contributed by atoms with Gasteiger partial charge < -0.3 is 10.2 Å². The zero-order valence-corrected chi connectivity index (χ0v) is 12.0. The number of likely N-dealkylation sites (N-methyl/N-ethyl adjacent to an activating group) is 1. The molecule has 0 aliphatic carbocycles. The first-order chi connectivity index (χ1) is 8.94. The Morgan fingerprint density at radius 3 is 2.63 bits per heavy atom. The van der Waals surface area contributed by atoms with E-state index in [1.165, 1.54) is 0 Å². The molecule has 1 aromatic rings. The molecule has 0 fully saturated rings. The van der Waals surface area contributed by atoms with Gasteiger partial charge in [-0.3, -0.25) is 4.90 Å². The topological polar surface area (TPSA) is 43.7 Å². The summed E-state index contributed by atoms with van der Waals surface area (Å²) in [5, 5.41) is 18.6. The Morgan fingerprint density at radius 2 is 2.05 bits per heavy atom. The van der Waals surface area contributed by atoms with Crippen molar-refractivity contribution in [1.29, 1.82) is 0 Å². The average Bonchev–Trinajstić information content (AvgIpc) is 2.34. The van der Waals surface area contributed by atoms with Crippen molar-refractivity contribution in [2.75, 3.05) is 19.7 Å². The Labute approximate surface area is 115 Å². The maximum absolute atomic E-state index is 9.88. The van der Waals surface area contributed by atoms with E-state index in [9.17, 15) is 5.11 Å².